The number of ether oxygens (including phenoxy) is 1. The van der Waals surface area contributed by atoms with E-state index in [2.05, 4.69) is 0 Å². The summed E-state index contributed by atoms with van der Waals surface area (Å²) < 4.78 is 4.86. The van der Waals surface area contributed by atoms with Crippen LogP contribution in [0.25, 0.3) is 6.08 Å². The number of rotatable bonds is 4. The van der Waals surface area contributed by atoms with Crippen molar-refractivity contribution in [3.63, 3.8) is 0 Å². The Balaban J connectivity index is 3.14. The average molecular weight is 276 g/mol. The Labute approximate surface area is 114 Å². The molecule has 0 atom stereocenters. The molecule has 0 unspecified atom stereocenters. The SMILES string of the molecule is CC(C)OC(=O)/C(C#N)=C\c1ccc(O)c([N+](=O)[O-])c1. The van der Waals surface area contributed by atoms with E-state index >= 15 is 0 Å². The Morgan fingerprint density at radius 3 is 2.70 bits per heavy atom. The molecule has 0 heterocycles. The number of phenolic OH excluding ortho intramolecular Hbond substituents is 1. The number of benzene rings is 1. The molecular formula is C13H12N2O5. The molecule has 0 aliphatic carbocycles. The van der Waals surface area contributed by atoms with E-state index in [1.54, 1.807) is 19.9 Å². The van der Waals surface area contributed by atoms with E-state index in [9.17, 15) is 20.0 Å². The van der Waals surface area contributed by atoms with Crippen molar-refractivity contribution in [2.75, 3.05) is 0 Å². The zero-order chi connectivity index (χ0) is 15.3. The van der Waals surface area contributed by atoms with Crippen molar-refractivity contribution in [2.45, 2.75) is 20.0 Å². The number of hydrogen-bond donors (Lipinski definition) is 1. The molecule has 0 bridgehead atoms. The molecule has 1 aromatic rings. The van der Waals surface area contributed by atoms with Gasteiger partial charge in [-0.05, 0) is 31.6 Å². The summed E-state index contributed by atoms with van der Waals surface area (Å²) in [5.74, 6) is -1.30. The minimum absolute atomic E-state index is 0.242. The molecule has 0 fully saturated rings. The fourth-order valence-electron chi connectivity index (χ4n) is 1.36. The second-order valence-electron chi connectivity index (χ2n) is 4.13. The maximum absolute atomic E-state index is 11.6. The smallest absolute Gasteiger partial charge is 0.349 e. The van der Waals surface area contributed by atoms with Gasteiger partial charge in [0.15, 0.2) is 5.75 Å². The van der Waals surface area contributed by atoms with Gasteiger partial charge in [-0.25, -0.2) is 4.79 Å². The van der Waals surface area contributed by atoms with Crippen molar-refractivity contribution in [3.05, 3.63) is 39.4 Å². The number of nitriles is 1. The fraction of sp³-hybridized carbons (Fsp3) is 0.231. The van der Waals surface area contributed by atoms with Crippen molar-refractivity contribution in [1.29, 1.82) is 5.26 Å². The van der Waals surface area contributed by atoms with Crippen LogP contribution in [0.5, 0.6) is 5.75 Å². The zero-order valence-electron chi connectivity index (χ0n) is 10.9. The molecule has 0 saturated heterocycles. The van der Waals surface area contributed by atoms with Crippen molar-refractivity contribution >= 4 is 17.7 Å². The standard InChI is InChI=1S/C13H12N2O5/c1-8(2)20-13(17)10(7-14)5-9-3-4-12(16)11(6-9)15(18)19/h3-6,8,16H,1-2H3/b10-5-. The molecule has 1 aromatic carbocycles. The molecule has 0 radical (unpaired) electrons. The van der Waals surface area contributed by atoms with Crippen LogP contribution >= 0.6 is 0 Å². The normalized spacial score (nSPS) is 11.0. The number of carbonyl (C=O) groups is 1. The van der Waals surface area contributed by atoms with Gasteiger partial charge in [0.05, 0.1) is 11.0 Å². The average Bonchev–Trinajstić information content (AvgIpc) is 2.36. The van der Waals surface area contributed by atoms with Gasteiger partial charge in [-0.1, -0.05) is 6.07 Å². The minimum Gasteiger partial charge on any atom is -0.502 e. The highest BCUT2D eigenvalue weighted by molar-refractivity contribution is 5.98. The van der Waals surface area contributed by atoms with E-state index in [0.29, 0.717) is 0 Å². The predicted octanol–water partition coefficient (Wildman–Crippen LogP) is 2.16. The second kappa shape index (κ2) is 6.33. The lowest BCUT2D eigenvalue weighted by Gasteiger charge is -2.06. The third-order valence-corrected chi connectivity index (χ3v) is 2.19. The van der Waals surface area contributed by atoms with E-state index < -0.39 is 22.3 Å². The van der Waals surface area contributed by atoms with Gasteiger partial charge in [-0.2, -0.15) is 5.26 Å². The molecule has 0 aliphatic heterocycles. The number of hydrogen-bond acceptors (Lipinski definition) is 6. The summed E-state index contributed by atoms with van der Waals surface area (Å²) >= 11 is 0. The third-order valence-electron chi connectivity index (χ3n) is 2.19. The summed E-state index contributed by atoms with van der Waals surface area (Å²) in [4.78, 5) is 21.5. The van der Waals surface area contributed by atoms with E-state index in [0.717, 1.165) is 18.2 Å². The number of nitro benzene ring substituents is 1. The van der Waals surface area contributed by atoms with Crippen LogP contribution in [0.3, 0.4) is 0 Å². The monoisotopic (exact) mass is 276 g/mol. The lowest BCUT2D eigenvalue weighted by atomic mass is 10.1. The number of phenols is 1. The number of nitro groups is 1. The van der Waals surface area contributed by atoms with Gasteiger partial charge in [0.2, 0.25) is 0 Å². The van der Waals surface area contributed by atoms with Crippen LogP contribution < -0.4 is 0 Å². The van der Waals surface area contributed by atoms with E-state index in [1.165, 1.54) is 6.07 Å². The summed E-state index contributed by atoms with van der Waals surface area (Å²) in [6.45, 7) is 3.27. The Kier molecular flexibility index (Phi) is 4.81. The largest absolute Gasteiger partial charge is 0.502 e. The summed E-state index contributed by atoms with van der Waals surface area (Å²) in [6, 6.07) is 5.21. The second-order valence-corrected chi connectivity index (χ2v) is 4.13. The number of aromatic hydroxyl groups is 1. The number of esters is 1. The highest BCUT2D eigenvalue weighted by Crippen LogP contribution is 2.27. The van der Waals surface area contributed by atoms with Gasteiger partial charge in [0.25, 0.3) is 0 Å². The van der Waals surface area contributed by atoms with Crippen molar-refractivity contribution in [1.82, 2.24) is 0 Å². The summed E-state index contributed by atoms with van der Waals surface area (Å²) in [6.07, 6.45) is 0.783. The van der Waals surface area contributed by atoms with Gasteiger partial charge in [0.1, 0.15) is 11.6 Å². The minimum atomic E-state index is -0.807. The molecule has 1 rings (SSSR count). The van der Waals surface area contributed by atoms with Crippen LogP contribution in [0.4, 0.5) is 5.69 Å². The Bertz CT molecular complexity index is 614. The molecule has 0 aliphatic rings. The number of nitrogens with zero attached hydrogens (tertiary/aromatic N) is 2. The topological polar surface area (TPSA) is 113 Å². The van der Waals surface area contributed by atoms with Gasteiger partial charge in [0, 0.05) is 6.07 Å². The summed E-state index contributed by atoms with van der Waals surface area (Å²) in [7, 11) is 0. The highest BCUT2D eigenvalue weighted by atomic mass is 16.6. The van der Waals surface area contributed by atoms with Crippen LogP contribution in [0.1, 0.15) is 19.4 Å². The molecule has 0 spiro atoms. The van der Waals surface area contributed by atoms with E-state index in [4.69, 9.17) is 10.00 Å². The van der Waals surface area contributed by atoms with Gasteiger partial charge < -0.3 is 9.84 Å². The van der Waals surface area contributed by atoms with Crippen molar-refractivity contribution in [2.24, 2.45) is 0 Å². The summed E-state index contributed by atoms with van der Waals surface area (Å²) in [5, 5.41) is 28.9. The van der Waals surface area contributed by atoms with Crippen molar-refractivity contribution < 1.29 is 19.6 Å². The zero-order valence-corrected chi connectivity index (χ0v) is 10.9. The first-order valence-corrected chi connectivity index (χ1v) is 5.65. The Hall–Kier alpha value is -2.88. The van der Waals surface area contributed by atoms with Gasteiger partial charge >= 0.3 is 11.7 Å². The predicted molar refractivity (Wildman–Crippen MR) is 69.6 cm³/mol. The lowest BCUT2D eigenvalue weighted by molar-refractivity contribution is -0.385. The van der Waals surface area contributed by atoms with E-state index in [1.807, 2.05) is 0 Å². The molecule has 104 valence electrons. The molecule has 7 heteroatoms. The fourth-order valence-corrected chi connectivity index (χ4v) is 1.36. The van der Waals surface area contributed by atoms with Crippen LogP contribution in [0, 0.1) is 21.4 Å². The van der Waals surface area contributed by atoms with Crippen LogP contribution in [-0.4, -0.2) is 22.1 Å². The van der Waals surface area contributed by atoms with Crippen LogP contribution in [0.2, 0.25) is 0 Å². The molecule has 1 N–H and O–H groups in total. The molecule has 20 heavy (non-hydrogen) atoms. The van der Waals surface area contributed by atoms with Crippen molar-refractivity contribution in [3.8, 4) is 11.8 Å². The van der Waals surface area contributed by atoms with Gasteiger partial charge in [-0.3, -0.25) is 10.1 Å². The first-order chi connectivity index (χ1) is 9.35. The number of carbonyl (C=O) groups excluding carboxylic acids is 1. The summed E-state index contributed by atoms with van der Waals surface area (Å²) in [5.41, 5.74) is -0.543. The van der Waals surface area contributed by atoms with E-state index in [-0.39, 0.29) is 17.2 Å². The molecule has 7 nitrogen and oxygen atoms in total. The Morgan fingerprint density at radius 2 is 2.20 bits per heavy atom. The van der Waals surface area contributed by atoms with Crippen LogP contribution in [0.15, 0.2) is 23.8 Å². The Morgan fingerprint density at radius 1 is 1.55 bits per heavy atom. The maximum atomic E-state index is 11.6. The highest BCUT2D eigenvalue weighted by Gasteiger charge is 2.16. The molecular weight excluding hydrogens is 264 g/mol. The maximum Gasteiger partial charge on any atom is 0.349 e. The van der Waals surface area contributed by atoms with Crippen LogP contribution in [-0.2, 0) is 9.53 Å². The lowest BCUT2D eigenvalue weighted by Crippen LogP contribution is -2.12. The first kappa shape index (κ1) is 15.2. The molecule has 0 saturated carbocycles. The molecule has 0 amide bonds. The van der Waals surface area contributed by atoms with Gasteiger partial charge in [-0.15, -0.1) is 0 Å². The first-order valence-electron chi connectivity index (χ1n) is 5.65. The quantitative estimate of drug-likeness (QED) is 0.296. The molecule has 0 aromatic heterocycles. The third kappa shape index (κ3) is 3.81.